The number of sulfonamides is 1. The number of halogens is 1. The molecular weight excluding hydrogens is 332 g/mol. The lowest BCUT2D eigenvalue weighted by molar-refractivity contribution is -0.122. The molecule has 0 heterocycles. The molecule has 0 aromatic heterocycles. The summed E-state index contributed by atoms with van der Waals surface area (Å²) in [6.45, 7) is 5.62. The molecule has 1 rings (SSSR count). The molecule has 1 aromatic carbocycles. The van der Waals surface area contributed by atoms with E-state index in [2.05, 4.69) is 26.2 Å². The SMILES string of the molecule is Cc1ccc(S(=O)(=O)NNC(=O)CC(C)C)c(Br)c1. The van der Waals surface area contributed by atoms with Crippen LogP contribution in [0.25, 0.3) is 0 Å². The molecule has 0 aliphatic heterocycles. The first-order chi connectivity index (χ1) is 8.72. The van der Waals surface area contributed by atoms with Crippen molar-refractivity contribution in [2.75, 3.05) is 0 Å². The lowest BCUT2D eigenvalue weighted by Crippen LogP contribution is -2.42. The highest BCUT2D eigenvalue weighted by Gasteiger charge is 2.18. The lowest BCUT2D eigenvalue weighted by atomic mass is 10.1. The predicted molar refractivity (Wildman–Crippen MR) is 76.8 cm³/mol. The fraction of sp³-hybridized carbons (Fsp3) is 0.417. The summed E-state index contributed by atoms with van der Waals surface area (Å²) in [6, 6.07) is 4.87. The van der Waals surface area contributed by atoms with Gasteiger partial charge in [0.15, 0.2) is 0 Å². The van der Waals surface area contributed by atoms with Gasteiger partial charge in [-0.15, -0.1) is 4.83 Å². The molecule has 0 atom stereocenters. The Morgan fingerprint density at radius 2 is 2.00 bits per heavy atom. The minimum Gasteiger partial charge on any atom is -0.278 e. The van der Waals surface area contributed by atoms with E-state index in [0.717, 1.165) is 5.56 Å². The largest absolute Gasteiger partial charge is 0.278 e. The van der Waals surface area contributed by atoms with Gasteiger partial charge in [0, 0.05) is 10.9 Å². The van der Waals surface area contributed by atoms with Crippen molar-refractivity contribution in [1.29, 1.82) is 0 Å². The first kappa shape index (κ1) is 16.1. The Morgan fingerprint density at radius 3 is 2.53 bits per heavy atom. The van der Waals surface area contributed by atoms with Crippen LogP contribution >= 0.6 is 15.9 Å². The first-order valence-corrected chi connectivity index (χ1v) is 8.07. The minimum absolute atomic E-state index is 0.0861. The molecule has 0 saturated heterocycles. The number of hydrogen-bond acceptors (Lipinski definition) is 3. The molecule has 0 bridgehead atoms. The lowest BCUT2D eigenvalue weighted by Gasteiger charge is -2.11. The van der Waals surface area contributed by atoms with Crippen molar-refractivity contribution in [3.05, 3.63) is 28.2 Å². The van der Waals surface area contributed by atoms with Crippen LogP contribution in [-0.2, 0) is 14.8 Å². The molecule has 7 heteroatoms. The number of hydrogen-bond donors (Lipinski definition) is 2. The Balaban J connectivity index is 2.79. The van der Waals surface area contributed by atoms with Crippen LogP contribution in [0.1, 0.15) is 25.8 Å². The van der Waals surface area contributed by atoms with Gasteiger partial charge in [-0.3, -0.25) is 10.2 Å². The normalized spacial score (nSPS) is 11.6. The number of carbonyl (C=O) groups is 1. The van der Waals surface area contributed by atoms with Crippen molar-refractivity contribution < 1.29 is 13.2 Å². The van der Waals surface area contributed by atoms with E-state index < -0.39 is 10.0 Å². The van der Waals surface area contributed by atoms with Crippen LogP contribution in [0.2, 0.25) is 0 Å². The van der Waals surface area contributed by atoms with Crippen LogP contribution in [-0.4, -0.2) is 14.3 Å². The highest BCUT2D eigenvalue weighted by Crippen LogP contribution is 2.22. The molecule has 0 fully saturated rings. The Bertz CT molecular complexity index is 570. The predicted octanol–water partition coefficient (Wildman–Crippen LogP) is 2.11. The number of rotatable bonds is 5. The van der Waals surface area contributed by atoms with Crippen molar-refractivity contribution in [3.8, 4) is 0 Å². The zero-order chi connectivity index (χ0) is 14.6. The van der Waals surface area contributed by atoms with Gasteiger partial charge >= 0.3 is 0 Å². The van der Waals surface area contributed by atoms with Crippen molar-refractivity contribution in [1.82, 2.24) is 10.3 Å². The summed E-state index contributed by atoms with van der Waals surface area (Å²) in [5.74, 6) is -0.197. The third kappa shape index (κ3) is 4.93. The van der Waals surface area contributed by atoms with Gasteiger partial charge in [0.2, 0.25) is 5.91 Å². The number of amides is 1. The van der Waals surface area contributed by atoms with Gasteiger partial charge in [0.25, 0.3) is 10.0 Å². The van der Waals surface area contributed by atoms with Crippen LogP contribution < -0.4 is 10.3 Å². The second-order valence-corrected chi connectivity index (χ2v) is 7.19. The van der Waals surface area contributed by atoms with E-state index in [-0.39, 0.29) is 23.1 Å². The molecule has 1 aromatic rings. The maximum absolute atomic E-state index is 12.0. The van der Waals surface area contributed by atoms with E-state index in [9.17, 15) is 13.2 Å². The second-order valence-electron chi connectivity index (χ2n) is 4.69. The number of hydrazine groups is 1. The van der Waals surface area contributed by atoms with Gasteiger partial charge in [-0.25, -0.2) is 8.42 Å². The van der Waals surface area contributed by atoms with Crippen molar-refractivity contribution >= 4 is 31.9 Å². The summed E-state index contributed by atoms with van der Waals surface area (Å²) in [7, 11) is -3.77. The Labute approximate surface area is 121 Å². The zero-order valence-corrected chi connectivity index (χ0v) is 13.4. The minimum atomic E-state index is -3.77. The van der Waals surface area contributed by atoms with E-state index in [0.29, 0.717) is 4.47 Å². The summed E-state index contributed by atoms with van der Waals surface area (Å²) >= 11 is 3.20. The molecule has 0 aliphatic rings. The Kier molecular flexibility index (Phi) is 5.51. The fourth-order valence-electron chi connectivity index (χ4n) is 1.42. The average Bonchev–Trinajstić information content (AvgIpc) is 2.25. The second kappa shape index (κ2) is 6.49. The van der Waals surface area contributed by atoms with E-state index in [1.54, 1.807) is 12.1 Å². The molecular formula is C12H17BrN2O3S. The number of aryl methyl sites for hydroxylation is 1. The maximum atomic E-state index is 12.0. The highest BCUT2D eigenvalue weighted by atomic mass is 79.9. The van der Waals surface area contributed by atoms with Gasteiger partial charge < -0.3 is 0 Å². The molecule has 5 nitrogen and oxygen atoms in total. The number of nitrogens with one attached hydrogen (secondary N) is 2. The van der Waals surface area contributed by atoms with Crippen molar-refractivity contribution in [2.45, 2.75) is 32.1 Å². The van der Waals surface area contributed by atoms with Gasteiger partial charge in [0.1, 0.15) is 0 Å². The standard InChI is InChI=1S/C12H17BrN2O3S/c1-8(2)6-12(16)14-15-19(17,18)11-5-4-9(3)7-10(11)13/h4-5,7-8,15H,6H2,1-3H3,(H,14,16). The first-order valence-electron chi connectivity index (χ1n) is 5.79. The Morgan fingerprint density at radius 1 is 1.37 bits per heavy atom. The molecule has 0 unspecified atom stereocenters. The summed E-state index contributed by atoms with van der Waals surface area (Å²) in [6.07, 6.45) is 0.261. The third-order valence-corrected chi connectivity index (χ3v) is 4.52. The van der Waals surface area contributed by atoms with Crippen LogP contribution in [0.5, 0.6) is 0 Å². The molecule has 0 radical (unpaired) electrons. The molecule has 1 amide bonds. The van der Waals surface area contributed by atoms with E-state index in [1.807, 2.05) is 20.8 Å². The van der Waals surface area contributed by atoms with Gasteiger partial charge in [-0.2, -0.15) is 0 Å². The summed E-state index contributed by atoms with van der Waals surface area (Å²) < 4.78 is 24.5. The zero-order valence-electron chi connectivity index (χ0n) is 11.0. The molecule has 0 saturated carbocycles. The van der Waals surface area contributed by atoms with Gasteiger partial charge in [0.05, 0.1) is 4.90 Å². The molecule has 0 aliphatic carbocycles. The molecule has 19 heavy (non-hydrogen) atoms. The summed E-state index contributed by atoms with van der Waals surface area (Å²) in [4.78, 5) is 13.6. The highest BCUT2D eigenvalue weighted by molar-refractivity contribution is 9.10. The fourth-order valence-corrected chi connectivity index (χ4v) is 3.48. The number of carbonyl (C=O) groups excluding carboxylic acids is 1. The topological polar surface area (TPSA) is 75.3 Å². The van der Waals surface area contributed by atoms with Crippen LogP contribution in [0.3, 0.4) is 0 Å². The van der Waals surface area contributed by atoms with E-state index in [1.165, 1.54) is 6.07 Å². The number of benzene rings is 1. The van der Waals surface area contributed by atoms with Crippen LogP contribution in [0.4, 0.5) is 0 Å². The Hall–Kier alpha value is -0.920. The van der Waals surface area contributed by atoms with E-state index >= 15 is 0 Å². The van der Waals surface area contributed by atoms with Crippen LogP contribution in [0.15, 0.2) is 27.6 Å². The molecule has 0 spiro atoms. The summed E-state index contributed by atoms with van der Waals surface area (Å²) in [5.41, 5.74) is 3.14. The van der Waals surface area contributed by atoms with Crippen LogP contribution in [0, 0.1) is 12.8 Å². The quantitative estimate of drug-likeness (QED) is 0.800. The van der Waals surface area contributed by atoms with E-state index in [4.69, 9.17) is 0 Å². The average molecular weight is 349 g/mol. The molecule has 106 valence electrons. The van der Waals surface area contributed by atoms with Crippen molar-refractivity contribution in [3.63, 3.8) is 0 Å². The maximum Gasteiger partial charge on any atom is 0.258 e. The van der Waals surface area contributed by atoms with Crippen molar-refractivity contribution in [2.24, 2.45) is 5.92 Å². The molecule has 2 N–H and O–H groups in total. The third-order valence-electron chi connectivity index (χ3n) is 2.30. The van der Waals surface area contributed by atoms with Gasteiger partial charge in [-0.1, -0.05) is 19.9 Å². The monoisotopic (exact) mass is 348 g/mol. The van der Waals surface area contributed by atoms with Gasteiger partial charge in [-0.05, 0) is 46.5 Å². The summed E-state index contributed by atoms with van der Waals surface area (Å²) in [5, 5.41) is 0. The smallest absolute Gasteiger partial charge is 0.258 e.